The van der Waals surface area contributed by atoms with Crippen molar-refractivity contribution in [3.63, 3.8) is 0 Å². The van der Waals surface area contributed by atoms with Gasteiger partial charge in [0.15, 0.2) is 0 Å². The van der Waals surface area contributed by atoms with Crippen LogP contribution in [0, 0.1) is 11.8 Å². The smallest absolute Gasteiger partial charge is 0.244 e. The molecule has 162 valence electrons. The highest BCUT2D eigenvalue weighted by Gasteiger charge is 2.77. The van der Waals surface area contributed by atoms with Crippen molar-refractivity contribution in [1.29, 1.82) is 0 Å². The van der Waals surface area contributed by atoms with Gasteiger partial charge in [0, 0.05) is 17.8 Å². The fourth-order valence-electron chi connectivity index (χ4n) is 6.31. The van der Waals surface area contributed by atoms with Crippen LogP contribution in [0.5, 0.6) is 0 Å². The molecule has 2 bridgehead atoms. The van der Waals surface area contributed by atoms with Gasteiger partial charge in [-0.2, -0.15) is 0 Å². The number of carbonyl (C=O) groups excluding carboxylic acids is 3. The average molecular weight is 424 g/mol. The zero-order valence-corrected chi connectivity index (χ0v) is 18.4. The van der Waals surface area contributed by atoms with E-state index >= 15 is 0 Å². The maximum Gasteiger partial charge on any atom is 0.244 e. The summed E-state index contributed by atoms with van der Waals surface area (Å²) in [5, 5.41) is 15.8. The van der Waals surface area contributed by atoms with Gasteiger partial charge < -0.3 is 20.6 Å². The maximum atomic E-state index is 13.6. The van der Waals surface area contributed by atoms with Crippen LogP contribution in [0.3, 0.4) is 0 Å². The highest BCUT2D eigenvalue weighted by atomic mass is 32.2. The molecule has 0 aromatic rings. The first kappa shape index (κ1) is 21.0. The molecule has 0 aromatic heterocycles. The van der Waals surface area contributed by atoms with E-state index < -0.39 is 28.7 Å². The molecule has 1 spiro atoms. The molecule has 3 saturated heterocycles. The van der Waals surface area contributed by atoms with Gasteiger partial charge in [-0.3, -0.25) is 14.4 Å². The monoisotopic (exact) mass is 423 g/mol. The lowest BCUT2D eigenvalue weighted by molar-refractivity contribution is -0.143. The third kappa shape index (κ3) is 3.00. The first-order valence-corrected chi connectivity index (χ1v) is 11.8. The van der Waals surface area contributed by atoms with Crippen molar-refractivity contribution in [3.05, 3.63) is 0 Å². The molecule has 3 heterocycles. The molecule has 0 radical (unpaired) electrons. The second-order valence-electron chi connectivity index (χ2n) is 9.46. The lowest BCUT2D eigenvalue weighted by atomic mass is 9.66. The number of carbonyl (C=O) groups is 3. The zero-order chi connectivity index (χ0) is 21.0. The van der Waals surface area contributed by atoms with E-state index in [-0.39, 0.29) is 35.1 Å². The lowest BCUT2D eigenvalue weighted by Gasteiger charge is -2.37. The van der Waals surface area contributed by atoms with Crippen LogP contribution in [-0.2, 0) is 14.4 Å². The zero-order valence-electron chi connectivity index (χ0n) is 17.6. The molecule has 0 aromatic carbocycles. The number of likely N-dealkylation sites (tertiary alicyclic amines) is 1. The van der Waals surface area contributed by atoms with Crippen LogP contribution in [0.25, 0.3) is 0 Å². The summed E-state index contributed by atoms with van der Waals surface area (Å²) in [5.74, 6) is -1.34. The molecule has 3 amide bonds. The Morgan fingerprint density at radius 3 is 2.55 bits per heavy atom. The van der Waals surface area contributed by atoms with Gasteiger partial charge in [0.25, 0.3) is 0 Å². The minimum absolute atomic E-state index is 0.109. The summed E-state index contributed by atoms with van der Waals surface area (Å²) in [5.41, 5.74) is 0. The van der Waals surface area contributed by atoms with Crippen molar-refractivity contribution >= 4 is 29.5 Å². The number of fused-ring (bicyclic) bond motifs is 1. The normalized spacial score (nSPS) is 40.1. The second kappa shape index (κ2) is 7.45. The molecule has 4 fully saturated rings. The lowest BCUT2D eigenvalue weighted by Crippen LogP contribution is -2.57. The highest BCUT2D eigenvalue weighted by Crippen LogP contribution is 2.71. The van der Waals surface area contributed by atoms with Crippen LogP contribution in [-0.4, -0.2) is 69.0 Å². The predicted octanol–water partition coefficient (Wildman–Crippen LogP) is 1.04. The quantitative estimate of drug-likeness (QED) is 0.614. The van der Waals surface area contributed by atoms with Crippen LogP contribution >= 0.6 is 11.8 Å². The number of nitrogens with zero attached hydrogens (tertiary/aromatic N) is 1. The predicted molar refractivity (Wildman–Crippen MR) is 111 cm³/mol. The second-order valence-corrected chi connectivity index (χ2v) is 11.4. The van der Waals surface area contributed by atoms with E-state index in [0.29, 0.717) is 0 Å². The Morgan fingerprint density at radius 1 is 1.24 bits per heavy atom. The third-order valence-corrected chi connectivity index (χ3v) is 9.67. The molecule has 4 rings (SSSR count). The molecule has 4 aliphatic rings. The molecule has 7 nitrogen and oxygen atoms in total. The summed E-state index contributed by atoms with van der Waals surface area (Å²) < 4.78 is -0.927. The van der Waals surface area contributed by atoms with Gasteiger partial charge >= 0.3 is 0 Å². The van der Waals surface area contributed by atoms with Crippen LogP contribution in [0.15, 0.2) is 0 Å². The Hall–Kier alpha value is -1.28. The number of hydrogen-bond donors (Lipinski definition) is 3. The van der Waals surface area contributed by atoms with Crippen molar-refractivity contribution in [2.45, 2.75) is 86.4 Å². The average Bonchev–Trinajstić information content (AvgIpc) is 3.28. The first-order valence-electron chi connectivity index (χ1n) is 10.9. The first-order chi connectivity index (χ1) is 13.8. The van der Waals surface area contributed by atoms with Gasteiger partial charge in [0.2, 0.25) is 17.7 Å². The summed E-state index contributed by atoms with van der Waals surface area (Å²) in [6.07, 6.45) is 6.95. The summed E-state index contributed by atoms with van der Waals surface area (Å²) in [6.45, 7) is 3.65. The molecular formula is C21H33N3O4S. The Labute approximate surface area is 176 Å². The van der Waals surface area contributed by atoms with E-state index in [2.05, 4.69) is 17.6 Å². The van der Waals surface area contributed by atoms with Crippen LogP contribution in [0.4, 0.5) is 0 Å². The van der Waals surface area contributed by atoms with E-state index in [4.69, 9.17) is 0 Å². The van der Waals surface area contributed by atoms with Crippen LogP contribution < -0.4 is 10.6 Å². The molecular weight excluding hydrogens is 390 g/mol. The number of aliphatic hydroxyl groups is 1. The van der Waals surface area contributed by atoms with Gasteiger partial charge in [-0.15, -0.1) is 11.8 Å². The van der Waals surface area contributed by atoms with Gasteiger partial charge in [-0.05, 0) is 39.5 Å². The third-order valence-electron chi connectivity index (χ3n) is 7.68. The summed E-state index contributed by atoms with van der Waals surface area (Å²) in [7, 11) is 1.61. The van der Waals surface area contributed by atoms with Gasteiger partial charge in [0.1, 0.15) is 6.04 Å². The summed E-state index contributed by atoms with van der Waals surface area (Å²) in [4.78, 5) is 41.5. The standard InChI is InChI=1S/C21H33N3O4S/c1-12(11-25)24-16(18(27)23-13-7-5-4-6-8-13)21-10-9-20(2,29-21)14(17(26)22-3)15(21)19(24)28/h12-16,25H,4-11H2,1-3H3,(H,22,26)(H,23,27)/t12-,14+,15+,16?,20-,21?/m1/s1. The molecule has 1 aliphatic carbocycles. The minimum atomic E-state index is -0.634. The summed E-state index contributed by atoms with van der Waals surface area (Å²) >= 11 is 1.67. The van der Waals surface area contributed by atoms with Crippen LogP contribution in [0.1, 0.15) is 58.8 Å². The van der Waals surface area contributed by atoms with Gasteiger partial charge in [-0.1, -0.05) is 19.3 Å². The van der Waals surface area contributed by atoms with Crippen molar-refractivity contribution in [2.75, 3.05) is 13.7 Å². The number of rotatable bonds is 5. The molecule has 3 aliphatic heterocycles. The topological polar surface area (TPSA) is 98.7 Å². The maximum absolute atomic E-state index is 13.6. The van der Waals surface area contributed by atoms with Crippen molar-refractivity contribution in [2.24, 2.45) is 11.8 Å². The molecule has 2 unspecified atom stereocenters. The minimum Gasteiger partial charge on any atom is -0.394 e. The molecule has 8 heteroatoms. The molecule has 29 heavy (non-hydrogen) atoms. The van der Waals surface area contributed by atoms with Crippen molar-refractivity contribution in [3.8, 4) is 0 Å². The van der Waals surface area contributed by atoms with E-state index in [9.17, 15) is 19.5 Å². The van der Waals surface area contributed by atoms with E-state index in [1.54, 1.807) is 30.6 Å². The highest BCUT2D eigenvalue weighted by molar-refractivity contribution is 8.02. The fourth-order valence-corrected chi connectivity index (χ4v) is 8.65. The Kier molecular flexibility index (Phi) is 5.39. The molecule has 1 saturated carbocycles. The summed E-state index contributed by atoms with van der Waals surface area (Å²) in [6, 6.07) is -0.935. The van der Waals surface area contributed by atoms with Crippen molar-refractivity contribution < 1.29 is 19.5 Å². The van der Waals surface area contributed by atoms with Crippen molar-refractivity contribution in [1.82, 2.24) is 15.5 Å². The number of aliphatic hydroxyl groups excluding tert-OH is 1. The Balaban J connectivity index is 1.71. The van der Waals surface area contributed by atoms with E-state index in [1.165, 1.54) is 6.42 Å². The number of nitrogens with one attached hydrogen (secondary N) is 2. The number of hydrogen-bond acceptors (Lipinski definition) is 5. The SMILES string of the molecule is CNC(=O)[C@@H]1[C@H]2C(=O)N([C@H](C)CO)C(C(=O)NC3CCCCC3)C23CC[C@@]1(C)S3. The number of thioether (sulfide) groups is 1. The van der Waals surface area contributed by atoms with Gasteiger partial charge in [0.05, 0.1) is 29.2 Å². The number of amides is 3. The fraction of sp³-hybridized carbons (Fsp3) is 0.857. The van der Waals surface area contributed by atoms with Crippen LogP contribution in [0.2, 0.25) is 0 Å². The van der Waals surface area contributed by atoms with E-state index in [0.717, 1.165) is 38.5 Å². The van der Waals surface area contributed by atoms with E-state index in [1.807, 2.05) is 0 Å². The molecule has 3 N–H and O–H groups in total. The Bertz CT molecular complexity index is 712. The Morgan fingerprint density at radius 2 is 1.93 bits per heavy atom. The van der Waals surface area contributed by atoms with Gasteiger partial charge in [-0.25, -0.2) is 0 Å². The molecule has 6 atom stereocenters. The largest absolute Gasteiger partial charge is 0.394 e.